The largest absolute Gasteiger partial charge is 0.294 e. The molecule has 25 heavy (non-hydrogen) atoms. The van der Waals surface area contributed by atoms with Gasteiger partial charge in [0.05, 0.1) is 0 Å². The van der Waals surface area contributed by atoms with Crippen molar-refractivity contribution in [2.45, 2.75) is 47.0 Å². The topological polar surface area (TPSA) is 78.8 Å². The zero-order chi connectivity index (χ0) is 18.4. The Morgan fingerprint density at radius 3 is 2.44 bits per heavy atom. The first kappa shape index (κ1) is 17.5. The number of allylic oxidation sites excluding steroid dienone is 2. The Morgan fingerprint density at radius 2 is 1.84 bits per heavy atom. The highest BCUT2D eigenvalue weighted by atomic mass is 16.5. The van der Waals surface area contributed by atoms with E-state index in [0.717, 1.165) is 29.0 Å². The van der Waals surface area contributed by atoms with Gasteiger partial charge in [0, 0.05) is 34.4 Å². The Hall–Kier alpha value is -2.27. The highest BCUT2D eigenvalue weighted by Crippen LogP contribution is 2.49. The molecule has 1 aromatic rings. The van der Waals surface area contributed by atoms with Crippen molar-refractivity contribution in [3.63, 3.8) is 0 Å². The average Bonchev–Trinajstić information content (AvgIpc) is 2.76. The minimum Gasteiger partial charge on any atom is -0.294 e. The van der Waals surface area contributed by atoms with Gasteiger partial charge in [0.2, 0.25) is 0 Å². The van der Waals surface area contributed by atoms with Gasteiger partial charge in [-0.3, -0.25) is 19.8 Å². The molecule has 1 amide bonds. The molecule has 3 rings (SSSR count). The summed E-state index contributed by atoms with van der Waals surface area (Å²) in [7, 11) is 0. The molecule has 1 aromatic carbocycles. The molecule has 1 unspecified atom stereocenters. The van der Waals surface area contributed by atoms with Gasteiger partial charge < -0.3 is 0 Å². The lowest BCUT2D eigenvalue weighted by Crippen LogP contribution is -2.35. The molecule has 1 aliphatic carbocycles. The Balaban J connectivity index is 1.91. The Morgan fingerprint density at radius 1 is 1.20 bits per heavy atom. The first-order valence-electron chi connectivity index (χ1n) is 8.52. The standard InChI is InChI=1S/C20H24N2O3/c1-12-20(4,9-13-5-7-14(8-6-13)18(24)22-25)17-15(21-12)10-19(2,3)11-16(17)23/h5-8,25H,9-11H2,1-4H3,(H,22,24). The van der Waals surface area contributed by atoms with Gasteiger partial charge >= 0.3 is 0 Å². The van der Waals surface area contributed by atoms with Gasteiger partial charge in [-0.2, -0.15) is 0 Å². The van der Waals surface area contributed by atoms with Crippen molar-refractivity contribution >= 4 is 17.4 Å². The molecule has 1 aliphatic heterocycles. The molecule has 1 atom stereocenters. The summed E-state index contributed by atoms with van der Waals surface area (Å²) in [6, 6.07) is 7.07. The summed E-state index contributed by atoms with van der Waals surface area (Å²) in [6.07, 6.45) is 2.05. The second-order valence-corrected chi connectivity index (χ2v) is 8.11. The molecule has 132 valence electrons. The van der Waals surface area contributed by atoms with Crippen molar-refractivity contribution in [2.75, 3.05) is 0 Å². The molecule has 0 aromatic heterocycles. The lowest BCUT2D eigenvalue weighted by Gasteiger charge is -2.34. The third-order valence-electron chi connectivity index (χ3n) is 5.38. The summed E-state index contributed by atoms with van der Waals surface area (Å²) < 4.78 is 0. The minimum atomic E-state index is -0.536. The van der Waals surface area contributed by atoms with E-state index in [0.29, 0.717) is 18.4 Å². The molecule has 0 radical (unpaired) electrons. The Kier molecular flexibility index (Phi) is 4.15. The zero-order valence-electron chi connectivity index (χ0n) is 15.1. The molecule has 5 nitrogen and oxygen atoms in total. The van der Waals surface area contributed by atoms with Gasteiger partial charge in [0.1, 0.15) is 0 Å². The molecule has 2 N–H and O–H groups in total. The Labute approximate surface area is 147 Å². The van der Waals surface area contributed by atoms with Gasteiger partial charge in [-0.25, -0.2) is 5.48 Å². The van der Waals surface area contributed by atoms with E-state index in [1.54, 1.807) is 17.6 Å². The number of hydroxylamine groups is 1. The molecule has 1 heterocycles. The minimum absolute atomic E-state index is 0.0374. The molecule has 0 spiro atoms. The van der Waals surface area contributed by atoms with E-state index in [9.17, 15) is 9.59 Å². The van der Waals surface area contributed by atoms with Crippen LogP contribution in [0, 0.1) is 10.8 Å². The summed E-state index contributed by atoms with van der Waals surface area (Å²) >= 11 is 0. The number of ketones is 1. The van der Waals surface area contributed by atoms with Crippen LogP contribution in [0.25, 0.3) is 0 Å². The normalized spacial score (nSPS) is 24.8. The maximum atomic E-state index is 12.8. The number of nitrogens with zero attached hydrogens (tertiary/aromatic N) is 1. The van der Waals surface area contributed by atoms with Gasteiger partial charge in [-0.05, 0) is 49.8 Å². The van der Waals surface area contributed by atoms with E-state index in [2.05, 4.69) is 20.8 Å². The second-order valence-electron chi connectivity index (χ2n) is 8.11. The van der Waals surface area contributed by atoms with Crippen LogP contribution in [0.5, 0.6) is 0 Å². The molecular weight excluding hydrogens is 316 g/mol. The number of rotatable bonds is 3. The van der Waals surface area contributed by atoms with Gasteiger partial charge in [0.15, 0.2) is 5.78 Å². The summed E-state index contributed by atoms with van der Waals surface area (Å²) in [5, 5.41) is 8.71. The van der Waals surface area contributed by atoms with Crippen LogP contribution < -0.4 is 5.48 Å². The van der Waals surface area contributed by atoms with E-state index >= 15 is 0 Å². The number of Topliss-reactive ketones (excluding diaryl/α,β-unsaturated/α-hetero) is 1. The predicted molar refractivity (Wildman–Crippen MR) is 95.7 cm³/mol. The van der Waals surface area contributed by atoms with Crippen LogP contribution in [-0.4, -0.2) is 22.6 Å². The van der Waals surface area contributed by atoms with E-state index in [4.69, 9.17) is 10.2 Å². The van der Waals surface area contributed by atoms with E-state index < -0.39 is 11.3 Å². The number of aliphatic imine (C=N–C) groups is 1. The van der Waals surface area contributed by atoms with Crippen molar-refractivity contribution < 1.29 is 14.8 Å². The average molecular weight is 340 g/mol. The summed E-state index contributed by atoms with van der Waals surface area (Å²) in [4.78, 5) is 29.0. The summed E-state index contributed by atoms with van der Waals surface area (Å²) in [5.74, 6) is -0.336. The first-order valence-corrected chi connectivity index (χ1v) is 8.52. The van der Waals surface area contributed by atoms with Gasteiger partial charge in [-0.15, -0.1) is 0 Å². The van der Waals surface area contributed by atoms with Crippen LogP contribution in [0.15, 0.2) is 40.5 Å². The summed E-state index contributed by atoms with van der Waals surface area (Å²) in [6.45, 7) is 8.30. The van der Waals surface area contributed by atoms with Crippen LogP contribution >= 0.6 is 0 Å². The number of carbonyl (C=O) groups is 2. The molecule has 0 fully saturated rings. The zero-order valence-corrected chi connectivity index (χ0v) is 15.1. The van der Waals surface area contributed by atoms with Crippen LogP contribution in [0.2, 0.25) is 0 Å². The Bertz CT molecular complexity index is 803. The molecule has 2 aliphatic rings. The van der Waals surface area contributed by atoms with Crippen LogP contribution in [0.3, 0.4) is 0 Å². The number of benzene rings is 1. The lowest BCUT2D eigenvalue weighted by atomic mass is 9.66. The van der Waals surface area contributed by atoms with Crippen molar-refractivity contribution in [1.82, 2.24) is 5.48 Å². The molecule has 0 saturated carbocycles. The van der Waals surface area contributed by atoms with Crippen LogP contribution in [-0.2, 0) is 11.2 Å². The van der Waals surface area contributed by atoms with Crippen LogP contribution in [0.1, 0.15) is 56.5 Å². The molecule has 0 saturated heterocycles. The van der Waals surface area contributed by atoms with E-state index in [-0.39, 0.29) is 11.2 Å². The third kappa shape index (κ3) is 3.04. The second kappa shape index (κ2) is 5.92. The fraction of sp³-hybridized carbons (Fsp3) is 0.450. The van der Waals surface area contributed by atoms with Gasteiger partial charge in [0.25, 0.3) is 5.91 Å². The van der Waals surface area contributed by atoms with Crippen molar-refractivity contribution in [2.24, 2.45) is 15.8 Å². The number of hydrogen-bond acceptors (Lipinski definition) is 4. The monoisotopic (exact) mass is 340 g/mol. The van der Waals surface area contributed by atoms with Crippen LogP contribution in [0.4, 0.5) is 0 Å². The van der Waals surface area contributed by atoms with Crippen molar-refractivity contribution in [3.05, 3.63) is 46.7 Å². The number of carbonyl (C=O) groups excluding carboxylic acids is 2. The number of hydrogen-bond donors (Lipinski definition) is 2. The van der Waals surface area contributed by atoms with Crippen molar-refractivity contribution in [1.29, 1.82) is 0 Å². The number of amides is 1. The lowest BCUT2D eigenvalue weighted by molar-refractivity contribution is -0.118. The van der Waals surface area contributed by atoms with Crippen molar-refractivity contribution in [3.8, 4) is 0 Å². The first-order chi connectivity index (χ1) is 11.7. The quantitative estimate of drug-likeness (QED) is 0.653. The summed E-state index contributed by atoms with van der Waals surface area (Å²) in [5.41, 5.74) is 5.39. The van der Waals surface area contributed by atoms with E-state index in [1.165, 1.54) is 0 Å². The molecular formula is C20H24N2O3. The SMILES string of the molecule is CC1=NC2=C(C(=O)CC(C)(C)C2)C1(C)Cc1ccc(C(=O)NO)cc1. The number of nitrogens with one attached hydrogen (secondary N) is 1. The third-order valence-corrected chi connectivity index (χ3v) is 5.38. The maximum absolute atomic E-state index is 12.8. The van der Waals surface area contributed by atoms with Gasteiger partial charge in [-0.1, -0.05) is 26.0 Å². The predicted octanol–water partition coefficient (Wildman–Crippen LogP) is 3.47. The van der Waals surface area contributed by atoms with E-state index in [1.807, 2.05) is 19.1 Å². The fourth-order valence-corrected chi connectivity index (χ4v) is 3.98. The highest BCUT2D eigenvalue weighted by molar-refractivity contribution is 6.09. The molecule has 0 bridgehead atoms. The molecule has 5 heteroatoms. The smallest absolute Gasteiger partial charge is 0.274 e. The maximum Gasteiger partial charge on any atom is 0.274 e. The fourth-order valence-electron chi connectivity index (χ4n) is 3.98. The highest BCUT2D eigenvalue weighted by Gasteiger charge is 2.47.